The molecule has 9 nitrogen and oxygen atoms in total. The Balaban J connectivity index is 1.71. The van der Waals surface area contributed by atoms with Gasteiger partial charge in [-0.25, -0.2) is 4.63 Å². The van der Waals surface area contributed by atoms with E-state index in [1.54, 1.807) is 12.1 Å². The molecular formula is C19H21N5O4. The second kappa shape index (κ2) is 6.66. The van der Waals surface area contributed by atoms with Gasteiger partial charge in [-0.3, -0.25) is 9.59 Å². The fourth-order valence-electron chi connectivity index (χ4n) is 3.66. The number of carbonyl (C=O) groups excluding carboxylic acids is 2. The molecule has 0 radical (unpaired) electrons. The first-order valence-electron chi connectivity index (χ1n) is 8.96. The minimum Gasteiger partial charge on any atom is -0.484 e. The van der Waals surface area contributed by atoms with E-state index in [1.165, 1.54) is 0 Å². The molecule has 0 bridgehead atoms. The summed E-state index contributed by atoms with van der Waals surface area (Å²) in [5.74, 6) is 0.952. The summed E-state index contributed by atoms with van der Waals surface area (Å²) in [6.45, 7) is 3.94. The van der Waals surface area contributed by atoms with E-state index < -0.39 is 11.9 Å². The molecule has 2 aromatic rings. The minimum atomic E-state index is -0.545. The molecule has 9 heteroatoms. The monoisotopic (exact) mass is 383 g/mol. The van der Waals surface area contributed by atoms with Crippen LogP contribution in [0, 0.1) is 5.41 Å². The zero-order valence-electron chi connectivity index (χ0n) is 15.6. The van der Waals surface area contributed by atoms with Crippen molar-refractivity contribution in [2.75, 3.05) is 17.2 Å². The van der Waals surface area contributed by atoms with Crippen molar-refractivity contribution < 1.29 is 19.0 Å². The highest BCUT2D eigenvalue weighted by Crippen LogP contribution is 2.44. The summed E-state index contributed by atoms with van der Waals surface area (Å²) in [6, 6.07) is 6.73. The zero-order valence-corrected chi connectivity index (χ0v) is 15.6. The van der Waals surface area contributed by atoms with Crippen molar-refractivity contribution in [3.05, 3.63) is 41.1 Å². The molecule has 1 atom stereocenters. The van der Waals surface area contributed by atoms with Crippen molar-refractivity contribution in [2.24, 2.45) is 11.1 Å². The van der Waals surface area contributed by atoms with Crippen LogP contribution in [0.2, 0.25) is 0 Å². The summed E-state index contributed by atoms with van der Waals surface area (Å²) >= 11 is 0. The van der Waals surface area contributed by atoms with E-state index in [9.17, 15) is 9.59 Å². The number of primary amides is 1. The Morgan fingerprint density at radius 2 is 1.96 bits per heavy atom. The van der Waals surface area contributed by atoms with Crippen molar-refractivity contribution in [2.45, 2.75) is 32.7 Å². The molecular weight excluding hydrogens is 362 g/mol. The van der Waals surface area contributed by atoms with Crippen LogP contribution in [0.5, 0.6) is 5.75 Å². The predicted octanol–water partition coefficient (Wildman–Crippen LogP) is 2.16. The van der Waals surface area contributed by atoms with Gasteiger partial charge in [-0.2, -0.15) is 0 Å². The van der Waals surface area contributed by atoms with E-state index in [1.807, 2.05) is 12.1 Å². The number of hydrogen-bond donors (Lipinski definition) is 3. The molecule has 1 aromatic heterocycles. The number of nitrogens with zero attached hydrogens (tertiary/aromatic N) is 2. The number of nitrogens with two attached hydrogens (primary N) is 1. The number of nitrogens with one attached hydrogen (secondary N) is 2. The molecule has 0 fully saturated rings. The molecule has 28 heavy (non-hydrogen) atoms. The van der Waals surface area contributed by atoms with E-state index in [-0.39, 0.29) is 17.8 Å². The highest BCUT2D eigenvalue weighted by molar-refractivity contribution is 6.00. The molecule has 146 valence electrons. The maximum absolute atomic E-state index is 13.0. The molecule has 1 unspecified atom stereocenters. The molecule has 0 spiro atoms. The average Bonchev–Trinajstić information content (AvgIpc) is 2.98. The highest BCUT2D eigenvalue weighted by atomic mass is 16.6. The lowest BCUT2D eigenvalue weighted by Gasteiger charge is -2.34. The number of ether oxygens (including phenoxy) is 1. The van der Waals surface area contributed by atoms with Crippen LogP contribution >= 0.6 is 0 Å². The lowest BCUT2D eigenvalue weighted by Crippen LogP contribution is -2.31. The predicted molar refractivity (Wildman–Crippen MR) is 100 cm³/mol. The topological polar surface area (TPSA) is 132 Å². The van der Waals surface area contributed by atoms with Crippen molar-refractivity contribution >= 4 is 23.3 Å². The number of carbonyl (C=O) groups is 2. The van der Waals surface area contributed by atoms with Gasteiger partial charge in [-0.15, -0.1) is 0 Å². The largest absolute Gasteiger partial charge is 0.484 e. The summed E-state index contributed by atoms with van der Waals surface area (Å²) in [6.07, 6.45) is 1.17. The summed E-state index contributed by atoms with van der Waals surface area (Å²) in [7, 11) is 0. The van der Waals surface area contributed by atoms with Crippen molar-refractivity contribution in [3.63, 3.8) is 0 Å². The number of rotatable bonds is 4. The van der Waals surface area contributed by atoms with Gasteiger partial charge in [-0.1, -0.05) is 26.0 Å². The second-order valence-corrected chi connectivity index (χ2v) is 7.82. The van der Waals surface area contributed by atoms with Gasteiger partial charge < -0.3 is 21.1 Å². The Bertz CT molecular complexity index is 961. The number of fused-ring (bicyclic) bond motifs is 1. The number of anilines is 2. The normalized spacial score (nSPS) is 20.4. The van der Waals surface area contributed by atoms with Crippen LogP contribution in [0.4, 0.5) is 11.6 Å². The zero-order chi connectivity index (χ0) is 19.9. The van der Waals surface area contributed by atoms with E-state index in [0.29, 0.717) is 35.8 Å². The SMILES string of the molecule is CC1(C)CC(=O)C2=C(C1)Nc1nonc1NC2c1ccc(OCC(N)=O)cc1. The van der Waals surface area contributed by atoms with Crippen molar-refractivity contribution in [1.82, 2.24) is 10.3 Å². The van der Waals surface area contributed by atoms with Gasteiger partial charge in [0, 0.05) is 17.7 Å². The Kier molecular flexibility index (Phi) is 4.29. The van der Waals surface area contributed by atoms with Gasteiger partial charge in [0.05, 0.1) is 6.04 Å². The molecule has 1 aromatic carbocycles. The van der Waals surface area contributed by atoms with Gasteiger partial charge in [0.2, 0.25) is 11.6 Å². The van der Waals surface area contributed by atoms with E-state index in [4.69, 9.17) is 15.1 Å². The Morgan fingerprint density at radius 3 is 2.68 bits per heavy atom. The molecule has 1 aliphatic heterocycles. The maximum Gasteiger partial charge on any atom is 0.255 e. The van der Waals surface area contributed by atoms with Gasteiger partial charge in [0.1, 0.15) is 5.75 Å². The highest BCUT2D eigenvalue weighted by Gasteiger charge is 2.39. The molecule has 2 heterocycles. The van der Waals surface area contributed by atoms with Crippen LogP contribution in [-0.2, 0) is 9.59 Å². The third-order valence-electron chi connectivity index (χ3n) is 4.84. The lowest BCUT2D eigenvalue weighted by molar-refractivity contribution is -0.120. The van der Waals surface area contributed by atoms with E-state index in [0.717, 1.165) is 11.3 Å². The Morgan fingerprint density at radius 1 is 1.25 bits per heavy atom. The lowest BCUT2D eigenvalue weighted by atomic mass is 9.73. The Labute approximate surface area is 161 Å². The third-order valence-corrected chi connectivity index (χ3v) is 4.84. The summed E-state index contributed by atoms with van der Waals surface area (Å²) in [5.41, 5.74) is 7.30. The number of hydrogen-bond acceptors (Lipinski definition) is 8. The van der Waals surface area contributed by atoms with Crippen LogP contribution in [-0.4, -0.2) is 28.6 Å². The molecule has 4 rings (SSSR count). The van der Waals surface area contributed by atoms with Crippen molar-refractivity contribution in [1.29, 1.82) is 0 Å². The average molecular weight is 383 g/mol. The van der Waals surface area contributed by atoms with Gasteiger partial charge >= 0.3 is 0 Å². The third kappa shape index (κ3) is 3.42. The molecule has 1 amide bonds. The van der Waals surface area contributed by atoms with E-state index >= 15 is 0 Å². The summed E-state index contributed by atoms with van der Waals surface area (Å²) < 4.78 is 10.2. The minimum absolute atomic E-state index is 0.0763. The smallest absolute Gasteiger partial charge is 0.255 e. The second-order valence-electron chi connectivity index (χ2n) is 7.82. The van der Waals surface area contributed by atoms with Crippen LogP contribution in [0.15, 0.2) is 40.2 Å². The molecule has 0 saturated carbocycles. The van der Waals surface area contributed by atoms with Gasteiger partial charge in [0.15, 0.2) is 12.4 Å². The fourth-order valence-corrected chi connectivity index (χ4v) is 3.66. The molecule has 0 saturated heterocycles. The van der Waals surface area contributed by atoms with E-state index in [2.05, 4.69) is 34.8 Å². The summed E-state index contributed by atoms with van der Waals surface area (Å²) in [5, 5.41) is 14.3. The number of benzene rings is 1. The molecule has 1 aliphatic carbocycles. The number of amides is 1. The standard InChI is InChI=1S/C19H21N5O4/c1-19(2)7-12-15(13(25)8-19)16(22-18-17(21-12)23-28-24-18)10-3-5-11(6-4-10)27-9-14(20)26/h3-6,16H,7-9H2,1-2H3,(H2,20,26)(H,21,23)(H,22,24). The Hall–Kier alpha value is -3.36. The van der Waals surface area contributed by atoms with Gasteiger partial charge in [0.25, 0.3) is 5.91 Å². The molecule has 4 N–H and O–H groups in total. The molecule has 2 aliphatic rings. The number of Topliss-reactive ketones (excluding diaryl/α,β-unsaturated/α-hetero) is 1. The van der Waals surface area contributed by atoms with Crippen LogP contribution in [0.3, 0.4) is 0 Å². The maximum atomic E-state index is 13.0. The van der Waals surface area contributed by atoms with Crippen LogP contribution in [0.1, 0.15) is 38.3 Å². The van der Waals surface area contributed by atoms with Crippen LogP contribution < -0.4 is 21.1 Å². The number of ketones is 1. The first kappa shape index (κ1) is 18.0. The first-order chi connectivity index (χ1) is 13.3. The fraction of sp³-hybridized carbons (Fsp3) is 0.368. The number of allylic oxidation sites excluding steroid dienone is 1. The van der Waals surface area contributed by atoms with Crippen molar-refractivity contribution in [3.8, 4) is 5.75 Å². The summed E-state index contributed by atoms with van der Waals surface area (Å²) in [4.78, 5) is 23.9. The number of aromatic nitrogens is 2. The van der Waals surface area contributed by atoms with Crippen LogP contribution in [0.25, 0.3) is 0 Å². The first-order valence-corrected chi connectivity index (χ1v) is 8.96. The van der Waals surface area contributed by atoms with Gasteiger partial charge in [-0.05, 0) is 39.8 Å². The quantitative estimate of drug-likeness (QED) is 0.732.